The Labute approximate surface area is 125 Å². The van der Waals surface area contributed by atoms with Crippen molar-refractivity contribution in [3.8, 4) is 11.5 Å². The Hall–Kier alpha value is -1.75. The third-order valence-corrected chi connectivity index (χ3v) is 3.99. The fourth-order valence-electron chi connectivity index (χ4n) is 2.79. The number of piperidine rings is 1. The second-order valence-electron chi connectivity index (χ2n) is 5.56. The molecule has 2 N–H and O–H groups in total. The molecule has 1 aromatic rings. The zero-order valence-corrected chi connectivity index (χ0v) is 12.2. The molecule has 0 spiro atoms. The molecule has 0 aliphatic carbocycles. The molecule has 1 amide bonds. The number of carbonyl (C=O) groups is 1. The maximum atomic E-state index is 12.0. The number of rotatable bonds is 4. The lowest BCUT2D eigenvalue weighted by Crippen LogP contribution is -2.41. The molecule has 0 aromatic heterocycles. The van der Waals surface area contributed by atoms with Crippen molar-refractivity contribution in [1.29, 1.82) is 0 Å². The molecule has 5 heteroatoms. The topological polar surface area (TPSA) is 59.6 Å². The van der Waals surface area contributed by atoms with Gasteiger partial charge in [-0.3, -0.25) is 4.79 Å². The molecule has 1 fully saturated rings. The van der Waals surface area contributed by atoms with Crippen LogP contribution in [0.25, 0.3) is 0 Å². The Bertz CT molecular complexity index is 498. The van der Waals surface area contributed by atoms with Gasteiger partial charge in [0.05, 0.1) is 5.92 Å². The fraction of sp³-hybridized carbons (Fsp3) is 0.562. The summed E-state index contributed by atoms with van der Waals surface area (Å²) in [5.74, 6) is 1.91. The summed E-state index contributed by atoms with van der Waals surface area (Å²) >= 11 is 0. The second kappa shape index (κ2) is 6.80. The molecule has 2 aliphatic rings. The van der Waals surface area contributed by atoms with Crippen LogP contribution < -0.4 is 20.1 Å². The lowest BCUT2D eigenvalue weighted by Gasteiger charge is -2.22. The summed E-state index contributed by atoms with van der Waals surface area (Å²) in [5.41, 5.74) is 1.15. The van der Waals surface area contributed by atoms with Gasteiger partial charge in [-0.05, 0) is 43.5 Å². The van der Waals surface area contributed by atoms with E-state index >= 15 is 0 Å². The maximum absolute atomic E-state index is 12.0. The first-order valence-corrected chi connectivity index (χ1v) is 7.70. The molecule has 0 unspecified atom stereocenters. The minimum absolute atomic E-state index is 0.124. The Morgan fingerprint density at radius 3 is 2.95 bits per heavy atom. The summed E-state index contributed by atoms with van der Waals surface area (Å²) in [6.07, 6.45) is 2.88. The van der Waals surface area contributed by atoms with Crippen molar-refractivity contribution in [1.82, 2.24) is 10.6 Å². The van der Waals surface area contributed by atoms with Gasteiger partial charge in [0.25, 0.3) is 0 Å². The summed E-state index contributed by atoms with van der Waals surface area (Å²) in [6.45, 7) is 3.70. The van der Waals surface area contributed by atoms with Gasteiger partial charge in [0, 0.05) is 13.1 Å². The average molecular weight is 290 g/mol. The van der Waals surface area contributed by atoms with Crippen LogP contribution in [0, 0.1) is 5.92 Å². The Balaban J connectivity index is 1.47. The van der Waals surface area contributed by atoms with Crippen LogP contribution in [0.15, 0.2) is 18.2 Å². The molecule has 3 rings (SSSR count). The van der Waals surface area contributed by atoms with E-state index < -0.39 is 0 Å². The van der Waals surface area contributed by atoms with E-state index in [4.69, 9.17) is 9.47 Å². The van der Waals surface area contributed by atoms with Gasteiger partial charge in [0.15, 0.2) is 11.5 Å². The highest BCUT2D eigenvalue weighted by Gasteiger charge is 2.20. The zero-order chi connectivity index (χ0) is 14.5. The van der Waals surface area contributed by atoms with Crippen molar-refractivity contribution in [2.75, 3.05) is 32.8 Å². The first-order valence-electron chi connectivity index (χ1n) is 7.70. The second-order valence-corrected chi connectivity index (χ2v) is 5.56. The number of hydrogen-bond donors (Lipinski definition) is 2. The van der Waals surface area contributed by atoms with E-state index in [0.29, 0.717) is 19.8 Å². The van der Waals surface area contributed by atoms with Crippen LogP contribution in [-0.2, 0) is 11.2 Å². The van der Waals surface area contributed by atoms with Crippen molar-refractivity contribution in [3.05, 3.63) is 23.8 Å². The molecule has 0 saturated carbocycles. The first kappa shape index (κ1) is 14.2. The van der Waals surface area contributed by atoms with Crippen molar-refractivity contribution >= 4 is 5.91 Å². The van der Waals surface area contributed by atoms with Crippen LogP contribution in [0.5, 0.6) is 11.5 Å². The number of amides is 1. The van der Waals surface area contributed by atoms with E-state index in [2.05, 4.69) is 10.6 Å². The number of fused-ring (bicyclic) bond motifs is 1. The maximum Gasteiger partial charge on any atom is 0.224 e. The minimum Gasteiger partial charge on any atom is -0.486 e. The van der Waals surface area contributed by atoms with E-state index in [1.165, 1.54) is 0 Å². The quantitative estimate of drug-likeness (QED) is 0.872. The normalized spacial score (nSPS) is 20.9. The zero-order valence-electron chi connectivity index (χ0n) is 12.2. The highest BCUT2D eigenvalue weighted by molar-refractivity contribution is 5.78. The summed E-state index contributed by atoms with van der Waals surface area (Å²) < 4.78 is 11.1. The predicted molar refractivity (Wildman–Crippen MR) is 79.7 cm³/mol. The highest BCUT2D eigenvalue weighted by Crippen LogP contribution is 2.30. The van der Waals surface area contributed by atoms with Crippen molar-refractivity contribution in [2.45, 2.75) is 19.3 Å². The highest BCUT2D eigenvalue weighted by atomic mass is 16.6. The summed E-state index contributed by atoms with van der Waals surface area (Å²) in [6, 6.07) is 5.97. The Morgan fingerprint density at radius 2 is 2.14 bits per heavy atom. The average Bonchev–Trinajstić information content (AvgIpc) is 2.55. The largest absolute Gasteiger partial charge is 0.486 e. The first-order chi connectivity index (χ1) is 10.3. The molecule has 5 nitrogen and oxygen atoms in total. The summed E-state index contributed by atoms with van der Waals surface area (Å²) in [4.78, 5) is 12.0. The Morgan fingerprint density at radius 1 is 1.29 bits per heavy atom. The standard InChI is InChI=1S/C16H22N2O3/c19-16(13-2-1-6-17-11-13)18-7-5-12-3-4-14-15(10-12)21-9-8-20-14/h3-4,10,13,17H,1-2,5-9,11H2,(H,18,19)/t13-/m0/s1. The SMILES string of the molecule is O=C(NCCc1ccc2c(c1)OCCO2)[C@H]1CCCNC1. The lowest BCUT2D eigenvalue weighted by molar-refractivity contribution is -0.125. The van der Waals surface area contributed by atoms with Crippen molar-refractivity contribution < 1.29 is 14.3 Å². The number of benzene rings is 1. The minimum atomic E-state index is 0.124. The van der Waals surface area contributed by atoms with Crippen molar-refractivity contribution in [3.63, 3.8) is 0 Å². The van der Waals surface area contributed by atoms with Crippen LogP contribution in [0.1, 0.15) is 18.4 Å². The molecule has 21 heavy (non-hydrogen) atoms. The number of hydrogen-bond acceptors (Lipinski definition) is 4. The molecule has 1 aromatic carbocycles. The van der Waals surface area contributed by atoms with Gasteiger partial charge in [0.2, 0.25) is 5.91 Å². The number of nitrogens with one attached hydrogen (secondary N) is 2. The van der Waals surface area contributed by atoms with E-state index in [1.54, 1.807) is 0 Å². The molecule has 0 bridgehead atoms. The molecule has 114 valence electrons. The molecule has 1 atom stereocenters. The summed E-state index contributed by atoms with van der Waals surface area (Å²) in [7, 11) is 0. The van der Waals surface area contributed by atoms with Gasteiger partial charge in [-0.2, -0.15) is 0 Å². The smallest absolute Gasteiger partial charge is 0.224 e. The van der Waals surface area contributed by atoms with E-state index in [9.17, 15) is 4.79 Å². The van der Waals surface area contributed by atoms with Crippen LogP contribution in [0.2, 0.25) is 0 Å². The van der Waals surface area contributed by atoms with Gasteiger partial charge in [0.1, 0.15) is 13.2 Å². The van der Waals surface area contributed by atoms with Crippen LogP contribution in [0.3, 0.4) is 0 Å². The molecule has 2 heterocycles. The van der Waals surface area contributed by atoms with Gasteiger partial charge in [-0.15, -0.1) is 0 Å². The van der Waals surface area contributed by atoms with Crippen LogP contribution >= 0.6 is 0 Å². The van der Waals surface area contributed by atoms with Crippen molar-refractivity contribution in [2.24, 2.45) is 5.92 Å². The van der Waals surface area contributed by atoms with Gasteiger partial charge < -0.3 is 20.1 Å². The third kappa shape index (κ3) is 3.67. The predicted octanol–water partition coefficient (Wildman–Crippen LogP) is 1.12. The molecule has 2 aliphatic heterocycles. The van der Waals surface area contributed by atoms with Gasteiger partial charge in [-0.1, -0.05) is 6.07 Å². The lowest BCUT2D eigenvalue weighted by atomic mass is 9.99. The molecular formula is C16H22N2O3. The van der Waals surface area contributed by atoms with E-state index in [1.807, 2.05) is 18.2 Å². The molecule has 1 saturated heterocycles. The van der Waals surface area contributed by atoms with Gasteiger partial charge in [-0.25, -0.2) is 0 Å². The number of ether oxygens (including phenoxy) is 2. The van der Waals surface area contributed by atoms with E-state index in [-0.39, 0.29) is 11.8 Å². The van der Waals surface area contributed by atoms with Gasteiger partial charge >= 0.3 is 0 Å². The van der Waals surface area contributed by atoms with Crippen LogP contribution in [0.4, 0.5) is 0 Å². The molecular weight excluding hydrogens is 268 g/mol. The third-order valence-electron chi connectivity index (χ3n) is 3.99. The monoisotopic (exact) mass is 290 g/mol. The van der Waals surface area contributed by atoms with E-state index in [0.717, 1.165) is 49.4 Å². The fourth-order valence-corrected chi connectivity index (χ4v) is 2.79. The number of carbonyl (C=O) groups excluding carboxylic acids is 1. The van der Waals surface area contributed by atoms with Crippen LogP contribution in [-0.4, -0.2) is 38.8 Å². The Kier molecular flexibility index (Phi) is 4.60. The molecule has 0 radical (unpaired) electrons. The summed E-state index contributed by atoms with van der Waals surface area (Å²) in [5, 5.41) is 6.30.